The van der Waals surface area contributed by atoms with Crippen LogP contribution in [0.1, 0.15) is 23.5 Å². The highest BCUT2D eigenvalue weighted by Crippen LogP contribution is 2.31. The summed E-state index contributed by atoms with van der Waals surface area (Å²) in [5.41, 5.74) is 7.58. The smallest absolute Gasteiger partial charge is 0.239 e. The van der Waals surface area contributed by atoms with Crippen LogP contribution >= 0.6 is 11.3 Å². The lowest BCUT2D eigenvalue weighted by Gasteiger charge is -2.18. The predicted molar refractivity (Wildman–Crippen MR) is 85.8 cm³/mol. The van der Waals surface area contributed by atoms with E-state index in [1.165, 1.54) is 12.8 Å². The summed E-state index contributed by atoms with van der Waals surface area (Å²) in [4.78, 5) is 11.1. The third kappa shape index (κ3) is 3.64. The average Bonchev–Trinajstić information content (AvgIpc) is 3.20. The fourth-order valence-electron chi connectivity index (χ4n) is 2.06. The fourth-order valence-corrected chi connectivity index (χ4v) is 2.66. The van der Waals surface area contributed by atoms with Crippen molar-refractivity contribution in [3.63, 3.8) is 0 Å². The van der Waals surface area contributed by atoms with E-state index in [2.05, 4.69) is 20.2 Å². The number of hydrogen-bond acceptors (Lipinski definition) is 6. The van der Waals surface area contributed by atoms with Crippen LogP contribution in [0.3, 0.4) is 0 Å². The zero-order valence-corrected chi connectivity index (χ0v) is 13.2. The first-order valence-electron chi connectivity index (χ1n) is 7.13. The number of aromatic nitrogens is 2. The lowest BCUT2D eigenvalue weighted by Crippen LogP contribution is -2.18. The number of nitrogens with two attached hydrogens (primary N) is 1. The van der Waals surface area contributed by atoms with E-state index in [0.29, 0.717) is 17.5 Å². The molecule has 1 fully saturated rings. The van der Waals surface area contributed by atoms with E-state index in [1.807, 2.05) is 26.1 Å². The van der Waals surface area contributed by atoms with Crippen molar-refractivity contribution in [2.45, 2.75) is 26.3 Å². The van der Waals surface area contributed by atoms with Gasteiger partial charge in [-0.25, -0.2) is 4.98 Å². The van der Waals surface area contributed by atoms with Crippen molar-refractivity contribution in [2.75, 3.05) is 24.3 Å². The Kier molecular flexibility index (Phi) is 3.96. The Morgan fingerprint density at radius 3 is 2.86 bits per heavy atom. The fraction of sp³-hybridized carbons (Fsp3) is 0.467. The van der Waals surface area contributed by atoms with Gasteiger partial charge in [0.1, 0.15) is 5.82 Å². The summed E-state index contributed by atoms with van der Waals surface area (Å²) in [6.07, 6.45) is 2.51. The molecule has 0 aromatic carbocycles. The van der Waals surface area contributed by atoms with Crippen molar-refractivity contribution in [1.82, 2.24) is 9.97 Å². The molecule has 2 N–H and O–H groups in total. The molecule has 0 saturated heterocycles. The third-order valence-corrected chi connectivity index (χ3v) is 4.31. The predicted octanol–water partition coefficient (Wildman–Crippen LogP) is 2.85. The van der Waals surface area contributed by atoms with Gasteiger partial charge in [0, 0.05) is 12.4 Å². The summed E-state index contributed by atoms with van der Waals surface area (Å²) in [5, 5.41) is 3.16. The van der Waals surface area contributed by atoms with Gasteiger partial charge in [-0.05, 0) is 37.8 Å². The van der Waals surface area contributed by atoms with Crippen LogP contribution in [-0.2, 0) is 6.54 Å². The highest BCUT2D eigenvalue weighted by Gasteiger charge is 2.22. The van der Waals surface area contributed by atoms with Crippen molar-refractivity contribution in [3.05, 3.63) is 28.2 Å². The minimum Gasteiger partial charge on any atom is -0.476 e. The quantitative estimate of drug-likeness (QED) is 0.889. The van der Waals surface area contributed by atoms with E-state index in [4.69, 9.17) is 10.5 Å². The zero-order valence-electron chi connectivity index (χ0n) is 12.4. The van der Waals surface area contributed by atoms with E-state index in [9.17, 15) is 0 Å². The van der Waals surface area contributed by atoms with Crippen molar-refractivity contribution in [3.8, 4) is 5.88 Å². The van der Waals surface area contributed by atoms with Crippen LogP contribution in [0.2, 0.25) is 0 Å². The lowest BCUT2D eigenvalue weighted by atomic mass is 10.3. The number of aryl methyl sites for hydroxylation is 1. The summed E-state index contributed by atoms with van der Waals surface area (Å²) >= 11 is 1.66. The number of hydrogen-bond donors (Lipinski definition) is 1. The Hall–Kier alpha value is -1.82. The number of anilines is 2. The van der Waals surface area contributed by atoms with Crippen LogP contribution in [0, 0.1) is 12.8 Å². The van der Waals surface area contributed by atoms with Gasteiger partial charge in [0.25, 0.3) is 0 Å². The van der Waals surface area contributed by atoms with Gasteiger partial charge in [0.05, 0.1) is 29.5 Å². The van der Waals surface area contributed by atoms with Crippen molar-refractivity contribution in [2.24, 2.45) is 5.92 Å². The molecule has 2 aromatic rings. The molecule has 1 aliphatic rings. The molecule has 112 valence electrons. The highest BCUT2D eigenvalue weighted by atomic mass is 32.1. The molecule has 0 unspecified atom stereocenters. The van der Waals surface area contributed by atoms with E-state index in [1.54, 1.807) is 11.3 Å². The number of rotatable bonds is 6. The zero-order chi connectivity index (χ0) is 14.8. The normalized spacial score (nSPS) is 14.2. The maximum atomic E-state index is 5.94. The van der Waals surface area contributed by atoms with Crippen LogP contribution in [0.25, 0.3) is 0 Å². The molecule has 0 spiro atoms. The SMILES string of the molecule is Cc1nc(CN(C)c2ccc(N)c(OCC3CC3)n2)cs1. The van der Waals surface area contributed by atoms with E-state index >= 15 is 0 Å². The second-order valence-corrected chi connectivity index (χ2v) is 6.59. The topological polar surface area (TPSA) is 64.3 Å². The molecule has 1 saturated carbocycles. The van der Waals surface area contributed by atoms with Gasteiger partial charge in [-0.1, -0.05) is 0 Å². The summed E-state index contributed by atoms with van der Waals surface area (Å²) in [6.45, 7) is 3.46. The van der Waals surface area contributed by atoms with Gasteiger partial charge < -0.3 is 15.4 Å². The second-order valence-electron chi connectivity index (χ2n) is 5.53. The molecule has 6 heteroatoms. The van der Waals surface area contributed by atoms with E-state index < -0.39 is 0 Å². The summed E-state index contributed by atoms with van der Waals surface area (Å²) < 4.78 is 5.73. The monoisotopic (exact) mass is 304 g/mol. The molecule has 0 bridgehead atoms. The van der Waals surface area contributed by atoms with Gasteiger partial charge in [0.2, 0.25) is 5.88 Å². The number of nitrogens with zero attached hydrogens (tertiary/aromatic N) is 3. The van der Waals surface area contributed by atoms with E-state index in [0.717, 1.165) is 29.7 Å². The van der Waals surface area contributed by atoms with Crippen LogP contribution < -0.4 is 15.4 Å². The first-order chi connectivity index (χ1) is 10.1. The molecule has 3 rings (SSSR count). The molecule has 0 amide bonds. The van der Waals surface area contributed by atoms with Crippen molar-refractivity contribution in [1.29, 1.82) is 0 Å². The van der Waals surface area contributed by atoms with Gasteiger partial charge in [-0.3, -0.25) is 0 Å². The minimum atomic E-state index is 0.542. The summed E-state index contributed by atoms with van der Waals surface area (Å²) in [7, 11) is 2.00. The minimum absolute atomic E-state index is 0.542. The first kappa shape index (κ1) is 14.1. The Labute approximate surface area is 128 Å². The molecule has 21 heavy (non-hydrogen) atoms. The van der Waals surface area contributed by atoms with Gasteiger partial charge in [-0.2, -0.15) is 4.98 Å². The molecule has 5 nitrogen and oxygen atoms in total. The second kappa shape index (κ2) is 5.89. The van der Waals surface area contributed by atoms with Crippen LogP contribution in [0.5, 0.6) is 5.88 Å². The number of pyridine rings is 1. The van der Waals surface area contributed by atoms with Crippen molar-refractivity contribution < 1.29 is 4.74 Å². The molecular formula is C15H20N4OS. The maximum Gasteiger partial charge on any atom is 0.239 e. The van der Waals surface area contributed by atoms with Crippen LogP contribution in [-0.4, -0.2) is 23.6 Å². The summed E-state index contributed by atoms with van der Waals surface area (Å²) in [5.74, 6) is 2.08. The van der Waals surface area contributed by atoms with Crippen LogP contribution in [0.15, 0.2) is 17.5 Å². The maximum absolute atomic E-state index is 5.94. The average molecular weight is 304 g/mol. The Morgan fingerprint density at radius 1 is 1.38 bits per heavy atom. The number of ether oxygens (including phenoxy) is 1. The van der Waals surface area contributed by atoms with Gasteiger partial charge >= 0.3 is 0 Å². The van der Waals surface area contributed by atoms with Gasteiger partial charge in [0.15, 0.2) is 0 Å². The lowest BCUT2D eigenvalue weighted by molar-refractivity contribution is 0.290. The highest BCUT2D eigenvalue weighted by molar-refractivity contribution is 7.09. The number of nitrogen functional groups attached to an aromatic ring is 1. The van der Waals surface area contributed by atoms with E-state index in [-0.39, 0.29) is 0 Å². The molecule has 0 atom stereocenters. The Bertz CT molecular complexity index is 624. The molecule has 2 aromatic heterocycles. The standard InChI is InChI=1S/C15H20N4OS/c1-10-17-12(9-21-10)7-19(2)14-6-5-13(16)15(18-14)20-8-11-3-4-11/h5-6,9,11H,3-4,7-8,16H2,1-2H3. The molecular weight excluding hydrogens is 284 g/mol. The van der Waals surface area contributed by atoms with Gasteiger partial charge in [-0.15, -0.1) is 11.3 Å². The Balaban J connectivity index is 1.69. The third-order valence-electron chi connectivity index (χ3n) is 3.48. The number of thiazole rings is 1. The van der Waals surface area contributed by atoms with Crippen LogP contribution in [0.4, 0.5) is 11.5 Å². The Morgan fingerprint density at radius 2 is 2.19 bits per heavy atom. The molecule has 1 aliphatic carbocycles. The molecule has 0 aliphatic heterocycles. The molecule has 2 heterocycles. The molecule has 0 radical (unpaired) electrons. The largest absolute Gasteiger partial charge is 0.476 e. The summed E-state index contributed by atoms with van der Waals surface area (Å²) in [6, 6.07) is 3.77. The first-order valence-corrected chi connectivity index (χ1v) is 8.01. The van der Waals surface area contributed by atoms with Crippen molar-refractivity contribution >= 4 is 22.8 Å².